The Labute approximate surface area is 203 Å². The maximum atomic E-state index is 11.9. The number of aromatic amines is 1. The molecule has 1 atom stereocenters. The van der Waals surface area contributed by atoms with Gasteiger partial charge in [-0.3, -0.25) is 4.79 Å². The summed E-state index contributed by atoms with van der Waals surface area (Å²) in [5, 5.41) is 14.3. The van der Waals surface area contributed by atoms with E-state index in [0.29, 0.717) is 36.1 Å². The van der Waals surface area contributed by atoms with Crippen LogP contribution in [0.25, 0.3) is 10.9 Å². The van der Waals surface area contributed by atoms with Gasteiger partial charge in [0.05, 0.1) is 12.1 Å². The van der Waals surface area contributed by atoms with Crippen LogP contribution in [0.3, 0.4) is 0 Å². The van der Waals surface area contributed by atoms with E-state index in [-0.39, 0.29) is 0 Å². The van der Waals surface area contributed by atoms with E-state index in [2.05, 4.69) is 10.3 Å². The van der Waals surface area contributed by atoms with Gasteiger partial charge in [-0.2, -0.15) is 0 Å². The van der Waals surface area contributed by atoms with Crippen molar-refractivity contribution in [2.24, 2.45) is 0 Å². The number of ether oxygens (including phenoxy) is 2. The first-order chi connectivity index (χ1) is 16.4. The number of aromatic nitrogens is 1. The van der Waals surface area contributed by atoms with Crippen LogP contribution in [0.1, 0.15) is 22.3 Å². The molecule has 34 heavy (non-hydrogen) atoms. The van der Waals surface area contributed by atoms with Gasteiger partial charge in [-0.15, -0.1) is 0 Å². The molecule has 0 saturated carbocycles. The monoisotopic (exact) mass is 478 g/mol. The lowest BCUT2D eigenvalue weighted by molar-refractivity contribution is -0.139. The number of carboxylic acids is 1. The molecule has 0 spiro atoms. The Morgan fingerprint density at radius 3 is 2.62 bits per heavy atom. The molecule has 0 aliphatic heterocycles. The van der Waals surface area contributed by atoms with Crippen LogP contribution >= 0.6 is 11.6 Å². The molecule has 0 fully saturated rings. The van der Waals surface area contributed by atoms with E-state index >= 15 is 0 Å². The molecule has 0 saturated heterocycles. The number of carbonyl (C=O) groups is 1. The first-order valence-corrected chi connectivity index (χ1v) is 11.4. The summed E-state index contributed by atoms with van der Waals surface area (Å²) in [7, 11) is 1.55. The normalized spacial score (nSPS) is 12.0. The predicted octanol–water partition coefficient (Wildman–Crippen LogP) is 5.50. The van der Waals surface area contributed by atoms with Crippen LogP contribution in [0.4, 0.5) is 0 Å². The molecule has 4 aromatic rings. The van der Waals surface area contributed by atoms with E-state index < -0.39 is 12.0 Å². The average molecular weight is 479 g/mol. The third-order valence-corrected chi connectivity index (χ3v) is 6.02. The molecule has 176 valence electrons. The van der Waals surface area contributed by atoms with Gasteiger partial charge in [0.15, 0.2) is 11.5 Å². The summed E-state index contributed by atoms with van der Waals surface area (Å²) in [6, 6.07) is 18.7. The third-order valence-electron chi connectivity index (χ3n) is 5.74. The molecule has 7 heteroatoms. The zero-order valence-electron chi connectivity index (χ0n) is 19.1. The van der Waals surface area contributed by atoms with Crippen LogP contribution in [0.15, 0.2) is 66.9 Å². The Bertz CT molecular complexity index is 1280. The summed E-state index contributed by atoms with van der Waals surface area (Å²) >= 11 is 6.51. The highest BCUT2D eigenvalue weighted by molar-refractivity contribution is 6.32. The van der Waals surface area contributed by atoms with E-state index in [9.17, 15) is 9.90 Å². The number of hydrogen-bond donors (Lipinski definition) is 3. The van der Waals surface area contributed by atoms with Gasteiger partial charge in [0, 0.05) is 30.1 Å². The number of aliphatic carboxylic acids is 1. The van der Waals surface area contributed by atoms with Crippen LogP contribution in [-0.4, -0.2) is 29.2 Å². The molecule has 6 nitrogen and oxygen atoms in total. The number of nitrogens with one attached hydrogen (secondary N) is 2. The molecule has 0 bridgehead atoms. The van der Waals surface area contributed by atoms with Crippen molar-refractivity contribution in [2.75, 3.05) is 7.11 Å². The van der Waals surface area contributed by atoms with Gasteiger partial charge in [0.25, 0.3) is 0 Å². The molecular formula is C27H27ClN2O4. The standard InChI is InChI=1S/C27H27ClN2O4/c1-17-7-9-18(10-8-17)16-34-26-22(28)11-19(12-25(26)33-2)14-29-24(27(31)32)13-20-15-30-23-6-4-3-5-21(20)23/h3-12,15,24,29-30H,13-14,16H2,1-2H3,(H,31,32)/t24-/m0/s1. The Morgan fingerprint density at radius 1 is 1.12 bits per heavy atom. The third kappa shape index (κ3) is 5.53. The number of benzene rings is 3. The topological polar surface area (TPSA) is 83.6 Å². The molecule has 0 amide bonds. The fraction of sp³-hybridized carbons (Fsp3) is 0.222. The molecule has 1 aromatic heterocycles. The van der Waals surface area contributed by atoms with Crippen LogP contribution in [0.2, 0.25) is 5.02 Å². The minimum absolute atomic E-state index is 0.313. The molecule has 0 unspecified atom stereocenters. The second-order valence-electron chi connectivity index (χ2n) is 8.22. The Kier molecular flexibility index (Phi) is 7.40. The number of halogens is 1. The lowest BCUT2D eigenvalue weighted by Gasteiger charge is -2.17. The molecule has 4 rings (SSSR count). The van der Waals surface area contributed by atoms with Crippen LogP contribution in [0, 0.1) is 6.92 Å². The van der Waals surface area contributed by atoms with Crippen molar-refractivity contribution in [1.29, 1.82) is 0 Å². The average Bonchev–Trinajstić information content (AvgIpc) is 3.24. The minimum atomic E-state index is -0.915. The fourth-order valence-electron chi connectivity index (χ4n) is 3.86. The number of aryl methyl sites for hydroxylation is 1. The summed E-state index contributed by atoms with van der Waals surface area (Å²) < 4.78 is 11.4. The van der Waals surface area contributed by atoms with Gasteiger partial charge in [-0.1, -0.05) is 59.6 Å². The van der Waals surface area contributed by atoms with Crippen LogP contribution < -0.4 is 14.8 Å². The van der Waals surface area contributed by atoms with Gasteiger partial charge < -0.3 is 24.9 Å². The Morgan fingerprint density at radius 2 is 1.88 bits per heavy atom. The van der Waals surface area contributed by atoms with E-state index in [1.165, 1.54) is 5.56 Å². The van der Waals surface area contributed by atoms with Crippen molar-refractivity contribution in [3.8, 4) is 11.5 Å². The number of fused-ring (bicyclic) bond motifs is 1. The molecule has 1 heterocycles. The zero-order valence-corrected chi connectivity index (χ0v) is 19.9. The maximum Gasteiger partial charge on any atom is 0.321 e. The number of carboxylic acid groups (broad SMARTS) is 1. The molecule has 0 aliphatic rings. The second-order valence-corrected chi connectivity index (χ2v) is 8.63. The maximum absolute atomic E-state index is 11.9. The van der Waals surface area contributed by atoms with E-state index in [1.54, 1.807) is 13.2 Å². The smallest absolute Gasteiger partial charge is 0.321 e. The predicted molar refractivity (Wildman–Crippen MR) is 134 cm³/mol. The summed E-state index contributed by atoms with van der Waals surface area (Å²) in [6.45, 7) is 2.71. The van der Waals surface area contributed by atoms with Crippen LogP contribution in [-0.2, 0) is 24.4 Å². The first-order valence-electron chi connectivity index (χ1n) is 11.0. The molecule has 3 N–H and O–H groups in total. The van der Waals surface area contributed by atoms with Crippen molar-refractivity contribution in [3.05, 3.63) is 94.1 Å². The van der Waals surface area contributed by atoms with Crippen molar-refractivity contribution in [3.63, 3.8) is 0 Å². The van der Waals surface area contributed by atoms with Gasteiger partial charge in [-0.25, -0.2) is 0 Å². The molecule has 3 aromatic carbocycles. The van der Waals surface area contributed by atoms with Gasteiger partial charge >= 0.3 is 5.97 Å². The minimum Gasteiger partial charge on any atom is -0.493 e. The molecular weight excluding hydrogens is 452 g/mol. The van der Waals surface area contributed by atoms with Crippen molar-refractivity contribution in [1.82, 2.24) is 10.3 Å². The quantitative estimate of drug-likeness (QED) is 0.280. The molecule has 0 radical (unpaired) electrons. The number of methoxy groups -OCH3 is 1. The number of hydrogen-bond acceptors (Lipinski definition) is 4. The SMILES string of the molecule is COc1cc(CN[C@@H](Cc2c[nH]c3ccccc23)C(=O)O)cc(Cl)c1OCc1ccc(C)cc1. The summed E-state index contributed by atoms with van der Waals surface area (Å²) in [4.78, 5) is 15.1. The van der Waals surface area contributed by atoms with Crippen LogP contribution in [0.5, 0.6) is 11.5 Å². The second kappa shape index (κ2) is 10.6. The highest BCUT2D eigenvalue weighted by atomic mass is 35.5. The highest BCUT2D eigenvalue weighted by Crippen LogP contribution is 2.37. The highest BCUT2D eigenvalue weighted by Gasteiger charge is 2.20. The van der Waals surface area contributed by atoms with Gasteiger partial charge in [0.1, 0.15) is 12.6 Å². The lowest BCUT2D eigenvalue weighted by Crippen LogP contribution is -2.38. The summed E-state index contributed by atoms with van der Waals surface area (Å²) in [6.07, 6.45) is 2.21. The molecule has 0 aliphatic carbocycles. The van der Waals surface area contributed by atoms with Gasteiger partial charge in [-0.05, 0) is 41.8 Å². The van der Waals surface area contributed by atoms with E-state index in [0.717, 1.165) is 27.6 Å². The summed E-state index contributed by atoms with van der Waals surface area (Å²) in [5.74, 6) is 0.0448. The van der Waals surface area contributed by atoms with Crippen molar-refractivity contribution >= 4 is 28.5 Å². The Balaban J connectivity index is 1.45. The van der Waals surface area contributed by atoms with E-state index in [1.807, 2.05) is 67.7 Å². The number of H-pyrrole nitrogens is 1. The van der Waals surface area contributed by atoms with Gasteiger partial charge in [0.2, 0.25) is 0 Å². The van der Waals surface area contributed by atoms with E-state index in [4.69, 9.17) is 21.1 Å². The zero-order chi connectivity index (χ0) is 24.1. The number of para-hydroxylation sites is 1. The largest absolute Gasteiger partial charge is 0.493 e. The van der Waals surface area contributed by atoms with Crippen molar-refractivity contribution < 1.29 is 19.4 Å². The first kappa shape index (κ1) is 23.7. The van der Waals surface area contributed by atoms with Crippen molar-refractivity contribution in [2.45, 2.75) is 32.5 Å². The Hall–Kier alpha value is -3.48. The fourth-order valence-corrected chi connectivity index (χ4v) is 4.15. The number of rotatable bonds is 10. The lowest BCUT2D eigenvalue weighted by atomic mass is 10.0. The summed E-state index contributed by atoms with van der Waals surface area (Å²) in [5.41, 5.74) is 4.94.